The molecule has 1 aromatic rings. The first-order valence-electron chi connectivity index (χ1n) is 8.34. The van der Waals surface area contributed by atoms with Gasteiger partial charge < -0.3 is 14.9 Å². The van der Waals surface area contributed by atoms with Gasteiger partial charge in [0.25, 0.3) is 0 Å². The maximum absolute atomic E-state index is 9.93. The zero-order chi connectivity index (χ0) is 16.0. The number of unbranched alkanes of at least 4 members (excludes halogenated alkanes) is 5. The van der Waals surface area contributed by atoms with E-state index in [0.29, 0.717) is 30.9 Å². The summed E-state index contributed by atoms with van der Waals surface area (Å²) in [5, 5.41) is 18.6. The van der Waals surface area contributed by atoms with Crippen LogP contribution in [0.2, 0.25) is 0 Å². The van der Waals surface area contributed by atoms with Crippen molar-refractivity contribution in [2.45, 2.75) is 51.9 Å². The van der Waals surface area contributed by atoms with Gasteiger partial charge in [-0.15, -0.1) is 0 Å². The largest absolute Gasteiger partial charge is 0.507 e. The van der Waals surface area contributed by atoms with Gasteiger partial charge in [0.15, 0.2) is 0 Å². The molecule has 1 aromatic carbocycles. The summed E-state index contributed by atoms with van der Waals surface area (Å²) in [6, 6.07) is 5.28. The molecule has 0 saturated carbocycles. The van der Waals surface area contributed by atoms with Gasteiger partial charge >= 0.3 is 0 Å². The minimum absolute atomic E-state index is 0.133. The number of rotatable bonds is 12. The fourth-order valence-electron chi connectivity index (χ4n) is 2.12. The van der Waals surface area contributed by atoms with E-state index in [1.165, 1.54) is 32.1 Å². The maximum atomic E-state index is 9.93. The van der Waals surface area contributed by atoms with Crippen LogP contribution in [0.15, 0.2) is 23.2 Å². The Morgan fingerprint density at radius 2 is 1.86 bits per heavy atom. The lowest BCUT2D eigenvalue weighted by Crippen LogP contribution is -1.97. The van der Waals surface area contributed by atoms with Crippen LogP contribution in [0.1, 0.15) is 57.4 Å². The third-order valence-electron chi connectivity index (χ3n) is 3.44. The van der Waals surface area contributed by atoms with Gasteiger partial charge in [0.2, 0.25) is 0 Å². The summed E-state index contributed by atoms with van der Waals surface area (Å²) in [5.74, 6) is 0.867. The molecule has 0 aliphatic heterocycles. The Bertz CT molecular complexity index is 432. The van der Waals surface area contributed by atoms with Gasteiger partial charge in [-0.2, -0.15) is 0 Å². The molecule has 2 N–H and O–H groups in total. The number of benzene rings is 1. The molecule has 1 rings (SSSR count). The molecule has 0 spiro atoms. The van der Waals surface area contributed by atoms with E-state index in [2.05, 4.69) is 11.9 Å². The molecular formula is C18H29NO3. The van der Waals surface area contributed by atoms with Gasteiger partial charge in [-0.25, -0.2) is 0 Å². The highest BCUT2D eigenvalue weighted by atomic mass is 16.5. The molecular weight excluding hydrogens is 278 g/mol. The lowest BCUT2D eigenvalue weighted by atomic mass is 10.1. The van der Waals surface area contributed by atoms with Crippen LogP contribution in [0.4, 0.5) is 0 Å². The number of aliphatic hydroxyl groups is 1. The van der Waals surface area contributed by atoms with Crippen LogP contribution in [0.5, 0.6) is 11.5 Å². The maximum Gasteiger partial charge on any atom is 0.128 e. The highest BCUT2D eigenvalue weighted by molar-refractivity contribution is 5.83. The Morgan fingerprint density at radius 3 is 2.59 bits per heavy atom. The summed E-state index contributed by atoms with van der Waals surface area (Å²) in [4.78, 5) is 4.15. The van der Waals surface area contributed by atoms with E-state index in [4.69, 9.17) is 9.84 Å². The zero-order valence-corrected chi connectivity index (χ0v) is 13.6. The third kappa shape index (κ3) is 8.03. The first kappa shape index (κ1) is 18.5. The number of aromatic hydroxyl groups is 1. The number of aliphatic hydroxyl groups excluding tert-OH is 1. The normalized spacial score (nSPS) is 11.2. The number of aliphatic imine (C=N–C) groups is 1. The predicted octanol–water partition coefficient (Wildman–Crippen LogP) is 3.93. The summed E-state index contributed by atoms with van der Waals surface area (Å²) in [6.45, 7) is 3.60. The van der Waals surface area contributed by atoms with Crippen molar-refractivity contribution in [3.05, 3.63) is 23.8 Å². The molecule has 0 fully saturated rings. The molecule has 0 radical (unpaired) electrons. The third-order valence-corrected chi connectivity index (χ3v) is 3.44. The second kappa shape index (κ2) is 12.0. The number of nitrogens with zero attached hydrogens (tertiary/aromatic N) is 1. The number of phenolic OH excluding ortho intramolecular Hbond substituents is 1. The molecule has 0 unspecified atom stereocenters. The van der Waals surface area contributed by atoms with Gasteiger partial charge in [-0.3, -0.25) is 4.99 Å². The van der Waals surface area contributed by atoms with Crippen LogP contribution in [0.25, 0.3) is 0 Å². The molecule has 0 saturated heterocycles. The topological polar surface area (TPSA) is 62.0 Å². The van der Waals surface area contributed by atoms with E-state index in [-0.39, 0.29) is 12.4 Å². The highest BCUT2D eigenvalue weighted by Crippen LogP contribution is 2.22. The van der Waals surface area contributed by atoms with Crippen LogP contribution >= 0.6 is 0 Å². The molecule has 0 atom stereocenters. The first-order valence-corrected chi connectivity index (χ1v) is 8.34. The van der Waals surface area contributed by atoms with Crippen molar-refractivity contribution in [1.82, 2.24) is 0 Å². The van der Waals surface area contributed by atoms with Crippen LogP contribution in [0.3, 0.4) is 0 Å². The van der Waals surface area contributed by atoms with Gasteiger partial charge in [0.05, 0.1) is 6.61 Å². The Labute approximate surface area is 133 Å². The lowest BCUT2D eigenvalue weighted by Gasteiger charge is -2.07. The average molecular weight is 307 g/mol. The highest BCUT2D eigenvalue weighted by Gasteiger charge is 2.01. The standard InChI is InChI=1S/C18H29NO3/c1-2-3-4-5-6-7-13-22-17-10-9-16(18(21)14-17)15-19-11-8-12-20/h9-10,14-15,20-21H,2-8,11-13H2,1H3. The number of phenols is 1. The van der Waals surface area contributed by atoms with E-state index in [9.17, 15) is 5.11 Å². The molecule has 0 amide bonds. The average Bonchev–Trinajstić information content (AvgIpc) is 2.52. The Kier molecular flexibility index (Phi) is 10.1. The Balaban J connectivity index is 2.28. The second-order valence-corrected chi connectivity index (χ2v) is 5.45. The summed E-state index contributed by atoms with van der Waals surface area (Å²) >= 11 is 0. The molecule has 0 heterocycles. The molecule has 0 aromatic heterocycles. The monoisotopic (exact) mass is 307 g/mol. The summed E-state index contributed by atoms with van der Waals surface area (Å²) < 4.78 is 5.65. The van der Waals surface area contributed by atoms with Gasteiger partial charge in [-0.05, 0) is 25.0 Å². The quantitative estimate of drug-likeness (QED) is 0.454. The van der Waals surface area contributed by atoms with E-state index in [1.807, 2.05) is 6.07 Å². The molecule has 0 aliphatic carbocycles. The molecule has 22 heavy (non-hydrogen) atoms. The zero-order valence-electron chi connectivity index (χ0n) is 13.6. The number of hydrogen-bond donors (Lipinski definition) is 2. The van der Waals surface area contributed by atoms with Crippen molar-refractivity contribution >= 4 is 6.21 Å². The van der Waals surface area contributed by atoms with Crippen molar-refractivity contribution in [2.24, 2.45) is 4.99 Å². The predicted molar refractivity (Wildman–Crippen MR) is 91.1 cm³/mol. The van der Waals surface area contributed by atoms with E-state index >= 15 is 0 Å². The van der Waals surface area contributed by atoms with Crippen molar-refractivity contribution in [3.8, 4) is 11.5 Å². The first-order chi connectivity index (χ1) is 10.8. The number of hydrogen-bond acceptors (Lipinski definition) is 4. The van der Waals surface area contributed by atoms with Crippen molar-refractivity contribution in [2.75, 3.05) is 19.8 Å². The molecule has 0 aliphatic rings. The fourth-order valence-corrected chi connectivity index (χ4v) is 2.12. The van der Waals surface area contributed by atoms with Gasteiger partial charge in [0.1, 0.15) is 11.5 Å². The number of ether oxygens (including phenoxy) is 1. The van der Waals surface area contributed by atoms with Gasteiger partial charge in [0, 0.05) is 31.0 Å². The second-order valence-electron chi connectivity index (χ2n) is 5.45. The van der Waals surface area contributed by atoms with Crippen molar-refractivity contribution in [3.63, 3.8) is 0 Å². The molecule has 124 valence electrons. The van der Waals surface area contributed by atoms with E-state index in [0.717, 1.165) is 6.42 Å². The van der Waals surface area contributed by atoms with Crippen LogP contribution in [0, 0.1) is 0 Å². The van der Waals surface area contributed by atoms with Crippen LogP contribution < -0.4 is 4.74 Å². The Morgan fingerprint density at radius 1 is 1.09 bits per heavy atom. The SMILES string of the molecule is CCCCCCCCOc1ccc(C=NCCCO)c(O)c1. The minimum atomic E-state index is 0.133. The van der Waals surface area contributed by atoms with E-state index < -0.39 is 0 Å². The fraction of sp³-hybridized carbons (Fsp3) is 0.611. The Hall–Kier alpha value is -1.55. The van der Waals surface area contributed by atoms with Gasteiger partial charge in [-0.1, -0.05) is 39.0 Å². The van der Waals surface area contributed by atoms with E-state index in [1.54, 1.807) is 18.3 Å². The molecule has 4 nitrogen and oxygen atoms in total. The minimum Gasteiger partial charge on any atom is -0.507 e. The summed E-state index contributed by atoms with van der Waals surface area (Å²) in [7, 11) is 0. The van der Waals surface area contributed by atoms with Crippen molar-refractivity contribution < 1.29 is 14.9 Å². The summed E-state index contributed by atoms with van der Waals surface area (Å²) in [6.07, 6.45) is 9.67. The van der Waals surface area contributed by atoms with Crippen LogP contribution in [-0.4, -0.2) is 36.2 Å². The molecule has 4 heteroatoms. The summed E-state index contributed by atoms with van der Waals surface area (Å²) in [5.41, 5.74) is 0.671. The lowest BCUT2D eigenvalue weighted by molar-refractivity contribution is 0.291. The van der Waals surface area contributed by atoms with Crippen LogP contribution in [-0.2, 0) is 0 Å². The van der Waals surface area contributed by atoms with Crippen molar-refractivity contribution in [1.29, 1.82) is 0 Å². The molecule has 0 bridgehead atoms. The smallest absolute Gasteiger partial charge is 0.128 e.